The predicted molar refractivity (Wildman–Crippen MR) is 77.8 cm³/mol. The van der Waals surface area contributed by atoms with Gasteiger partial charge >= 0.3 is 0 Å². The molecule has 19 heavy (non-hydrogen) atoms. The number of fused-ring (bicyclic) bond motifs is 1. The molecule has 2 heterocycles. The predicted octanol–water partition coefficient (Wildman–Crippen LogP) is 2.24. The molecule has 3 nitrogen and oxygen atoms in total. The fraction of sp³-hybridized carbons (Fsp3) is 0.625. The summed E-state index contributed by atoms with van der Waals surface area (Å²) < 4.78 is 5.75. The van der Waals surface area contributed by atoms with Gasteiger partial charge in [0, 0.05) is 25.0 Å². The van der Waals surface area contributed by atoms with E-state index in [0.29, 0.717) is 12.0 Å². The Hall–Kier alpha value is -1.06. The average molecular weight is 260 g/mol. The number of para-hydroxylation sites is 1. The molecule has 104 valence electrons. The quantitative estimate of drug-likeness (QED) is 0.902. The lowest BCUT2D eigenvalue weighted by Crippen LogP contribution is -2.46. The first kappa shape index (κ1) is 12.9. The Kier molecular flexibility index (Phi) is 4.04. The van der Waals surface area contributed by atoms with Gasteiger partial charge in [0.15, 0.2) is 0 Å². The van der Waals surface area contributed by atoms with Crippen LogP contribution < -0.4 is 10.1 Å². The van der Waals surface area contributed by atoms with E-state index in [-0.39, 0.29) is 0 Å². The van der Waals surface area contributed by atoms with E-state index in [4.69, 9.17) is 4.74 Å². The summed E-state index contributed by atoms with van der Waals surface area (Å²) in [6.45, 7) is 4.48. The third-order valence-corrected chi connectivity index (χ3v) is 4.48. The van der Waals surface area contributed by atoms with Crippen LogP contribution in [-0.4, -0.2) is 44.2 Å². The molecular formula is C16H24N2O. The van der Waals surface area contributed by atoms with Gasteiger partial charge in [0.05, 0.1) is 6.61 Å². The van der Waals surface area contributed by atoms with Crippen LogP contribution in [0, 0.1) is 0 Å². The van der Waals surface area contributed by atoms with Crippen LogP contribution >= 0.6 is 0 Å². The number of hydrogen-bond donors (Lipinski definition) is 1. The highest BCUT2D eigenvalue weighted by Gasteiger charge is 2.25. The number of ether oxygens (including phenoxy) is 1. The van der Waals surface area contributed by atoms with E-state index in [2.05, 4.69) is 41.5 Å². The third-order valence-electron chi connectivity index (χ3n) is 4.48. The fourth-order valence-electron chi connectivity index (χ4n) is 3.37. The van der Waals surface area contributed by atoms with Gasteiger partial charge in [0.2, 0.25) is 0 Å². The smallest absolute Gasteiger partial charge is 0.122 e. The van der Waals surface area contributed by atoms with Crippen molar-refractivity contribution in [3.8, 4) is 5.75 Å². The van der Waals surface area contributed by atoms with Crippen LogP contribution in [0.3, 0.4) is 0 Å². The molecule has 0 bridgehead atoms. The molecule has 1 aromatic rings. The van der Waals surface area contributed by atoms with Crippen LogP contribution in [-0.2, 0) is 0 Å². The zero-order chi connectivity index (χ0) is 13.1. The van der Waals surface area contributed by atoms with Gasteiger partial charge in [-0.05, 0) is 44.5 Å². The molecule has 2 atom stereocenters. The first-order chi connectivity index (χ1) is 9.36. The maximum Gasteiger partial charge on any atom is 0.122 e. The van der Waals surface area contributed by atoms with Gasteiger partial charge in [-0.15, -0.1) is 0 Å². The van der Waals surface area contributed by atoms with Crippen LogP contribution in [0.2, 0.25) is 0 Å². The van der Waals surface area contributed by atoms with Gasteiger partial charge in [-0.1, -0.05) is 18.2 Å². The number of hydrogen-bond acceptors (Lipinski definition) is 3. The Morgan fingerprint density at radius 1 is 1.32 bits per heavy atom. The van der Waals surface area contributed by atoms with Crippen molar-refractivity contribution in [1.82, 2.24) is 10.2 Å². The molecule has 2 aliphatic heterocycles. The lowest BCUT2D eigenvalue weighted by molar-refractivity contribution is 0.167. The van der Waals surface area contributed by atoms with Gasteiger partial charge in [0.1, 0.15) is 5.75 Å². The minimum atomic E-state index is 0.639. The number of nitrogens with zero attached hydrogens (tertiary/aromatic N) is 1. The van der Waals surface area contributed by atoms with Crippen molar-refractivity contribution >= 4 is 0 Å². The Morgan fingerprint density at radius 2 is 2.21 bits per heavy atom. The normalized spacial score (nSPS) is 27.6. The van der Waals surface area contributed by atoms with Crippen molar-refractivity contribution < 1.29 is 4.74 Å². The number of nitrogens with one attached hydrogen (secondary N) is 1. The minimum Gasteiger partial charge on any atom is -0.493 e. The molecule has 2 aliphatic rings. The molecular weight excluding hydrogens is 236 g/mol. The van der Waals surface area contributed by atoms with E-state index >= 15 is 0 Å². The minimum absolute atomic E-state index is 0.639. The van der Waals surface area contributed by atoms with Crippen molar-refractivity contribution in [2.45, 2.75) is 31.2 Å². The molecule has 1 saturated heterocycles. The first-order valence-electron chi connectivity index (χ1n) is 7.48. The number of piperidine rings is 1. The first-order valence-corrected chi connectivity index (χ1v) is 7.48. The highest BCUT2D eigenvalue weighted by molar-refractivity contribution is 5.37. The maximum absolute atomic E-state index is 5.75. The van der Waals surface area contributed by atoms with E-state index < -0.39 is 0 Å². The second kappa shape index (κ2) is 5.93. The summed E-state index contributed by atoms with van der Waals surface area (Å²) in [5.74, 6) is 1.74. The van der Waals surface area contributed by atoms with Gasteiger partial charge < -0.3 is 15.0 Å². The summed E-state index contributed by atoms with van der Waals surface area (Å²) in [5.41, 5.74) is 1.40. The summed E-state index contributed by atoms with van der Waals surface area (Å²) >= 11 is 0. The average Bonchev–Trinajstić information content (AvgIpc) is 2.48. The van der Waals surface area contributed by atoms with Crippen LogP contribution in [0.4, 0.5) is 0 Å². The number of likely N-dealkylation sites (tertiary alicyclic amines) is 1. The van der Waals surface area contributed by atoms with Crippen LogP contribution in [0.15, 0.2) is 24.3 Å². The van der Waals surface area contributed by atoms with Crippen molar-refractivity contribution in [2.24, 2.45) is 0 Å². The molecule has 3 heteroatoms. The van der Waals surface area contributed by atoms with Gasteiger partial charge in [-0.2, -0.15) is 0 Å². The highest BCUT2D eigenvalue weighted by Crippen LogP contribution is 2.34. The number of benzene rings is 1. The zero-order valence-electron chi connectivity index (χ0n) is 11.8. The lowest BCUT2D eigenvalue weighted by atomic mass is 9.91. The molecule has 1 N–H and O–H groups in total. The molecule has 3 rings (SSSR count). The summed E-state index contributed by atoms with van der Waals surface area (Å²) in [6.07, 6.45) is 3.78. The maximum atomic E-state index is 5.75. The van der Waals surface area contributed by atoms with Crippen LogP contribution in [0.25, 0.3) is 0 Å². The SMILES string of the molecule is CNC1CCCN(CC2CCOc3ccccc32)C1. The van der Waals surface area contributed by atoms with Crippen molar-refractivity contribution in [3.63, 3.8) is 0 Å². The summed E-state index contributed by atoms with van der Waals surface area (Å²) in [6, 6.07) is 9.21. The largest absolute Gasteiger partial charge is 0.493 e. The summed E-state index contributed by atoms with van der Waals surface area (Å²) in [7, 11) is 2.08. The molecule has 2 unspecified atom stereocenters. The molecule has 0 spiro atoms. The van der Waals surface area contributed by atoms with Crippen LogP contribution in [0.1, 0.15) is 30.7 Å². The molecule has 1 aromatic carbocycles. The second-order valence-corrected chi connectivity index (χ2v) is 5.76. The Morgan fingerprint density at radius 3 is 3.11 bits per heavy atom. The van der Waals surface area contributed by atoms with Crippen molar-refractivity contribution in [2.75, 3.05) is 33.3 Å². The van der Waals surface area contributed by atoms with Gasteiger partial charge in [-0.25, -0.2) is 0 Å². The lowest BCUT2D eigenvalue weighted by Gasteiger charge is -2.36. The Labute approximate surface area is 115 Å². The summed E-state index contributed by atoms with van der Waals surface area (Å²) in [5, 5.41) is 3.42. The van der Waals surface area contributed by atoms with Crippen molar-refractivity contribution in [1.29, 1.82) is 0 Å². The highest BCUT2D eigenvalue weighted by atomic mass is 16.5. The number of rotatable bonds is 3. The van der Waals surface area contributed by atoms with E-state index in [0.717, 1.165) is 18.8 Å². The Balaban J connectivity index is 1.67. The standard InChI is InChI=1S/C16H24N2O/c1-17-14-5-4-9-18(12-14)11-13-8-10-19-16-7-3-2-6-15(13)16/h2-3,6-7,13-14,17H,4-5,8-12H2,1H3. The number of likely N-dealkylation sites (N-methyl/N-ethyl adjacent to an activating group) is 1. The van der Waals surface area contributed by atoms with E-state index in [1.54, 1.807) is 0 Å². The van der Waals surface area contributed by atoms with Crippen LogP contribution in [0.5, 0.6) is 5.75 Å². The van der Waals surface area contributed by atoms with Gasteiger partial charge in [0.25, 0.3) is 0 Å². The zero-order valence-corrected chi connectivity index (χ0v) is 11.8. The van der Waals surface area contributed by atoms with Gasteiger partial charge in [-0.3, -0.25) is 0 Å². The fourth-order valence-corrected chi connectivity index (χ4v) is 3.37. The second-order valence-electron chi connectivity index (χ2n) is 5.76. The monoisotopic (exact) mass is 260 g/mol. The third kappa shape index (κ3) is 2.93. The molecule has 1 fully saturated rings. The van der Waals surface area contributed by atoms with E-state index in [1.807, 2.05) is 0 Å². The van der Waals surface area contributed by atoms with Crippen molar-refractivity contribution in [3.05, 3.63) is 29.8 Å². The van der Waals surface area contributed by atoms with E-state index in [9.17, 15) is 0 Å². The summed E-state index contributed by atoms with van der Waals surface area (Å²) in [4.78, 5) is 2.62. The molecule has 0 aliphatic carbocycles. The van der Waals surface area contributed by atoms with E-state index in [1.165, 1.54) is 38.0 Å². The topological polar surface area (TPSA) is 24.5 Å². The Bertz CT molecular complexity index is 421. The molecule has 0 radical (unpaired) electrons. The molecule has 0 saturated carbocycles. The molecule has 0 amide bonds. The molecule has 0 aromatic heterocycles.